The summed E-state index contributed by atoms with van der Waals surface area (Å²) in [6.07, 6.45) is 3.68. The normalized spacial score (nSPS) is 16.3. The minimum absolute atomic E-state index is 0.0567. The van der Waals surface area contributed by atoms with Gasteiger partial charge in [-0.3, -0.25) is 0 Å². The van der Waals surface area contributed by atoms with Gasteiger partial charge in [0, 0.05) is 0 Å². The molecule has 1 fully saturated rings. The van der Waals surface area contributed by atoms with Crippen LogP contribution in [0, 0.1) is 0 Å². The lowest BCUT2D eigenvalue weighted by atomic mass is 10.3. The second-order valence-corrected chi connectivity index (χ2v) is 3.69. The van der Waals surface area contributed by atoms with Crippen molar-refractivity contribution in [1.29, 1.82) is 0 Å². The molecule has 0 aromatic heterocycles. The predicted octanol–water partition coefficient (Wildman–Crippen LogP) is 3.14. The summed E-state index contributed by atoms with van der Waals surface area (Å²) in [5.41, 5.74) is 0. The first kappa shape index (κ1) is 10.0. The summed E-state index contributed by atoms with van der Waals surface area (Å²) in [7, 11) is 0. The molecule has 0 radical (unpaired) electrons. The van der Waals surface area contributed by atoms with Gasteiger partial charge in [-0.15, -0.1) is 0 Å². The van der Waals surface area contributed by atoms with Crippen LogP contribution in [0.4, 0.5) is 4.79 Å². The Kier molecular flexibility index (Phi) is 3.22. The van der Waals surface area contributed by atoms with Crippen LogP contribution < -0.4 is 4.74 Å². The summed E-state index contributed by atoms with van der Waals surface area (Å²) in [4.78, 5) is 11.3. The van der Waals surface area contributed by atoms with Crippen molar-refractivity contribution in [2.45, 2.75) is 31.8 Å². The number of carbonyl (C=O) groups is 1. The zero-order valence-electron chi connectivity index (χ0n) is 8.52. The lowest BCUT2D eigenvalue weighted by Gasteiger charge is -2.10. The fourth-order valence-corrected chi connectivity index (χ4v) is 1.75. The molecule has 2 rings (SSSR count). The molecule has 1 aromatic rings. The van der Waals surface area contributed by atoms with Gasteiger partial charge in [-0.1, -0.05) is 18.2 Å². The Labute approximate surface area is 89.0 Å². The maximum Gasteiger partial charge on any atom is 0.514 e. The first-order valence-electron chi connectivity index (χ1n) is 5.28. The molecule has 0 aliphatic heterocycles. The second kappa shape index (κ2) is 4.82. The van der Waals surface area contributed by atoms with Gasteiger partial charge in [0.1, 0.15) is 11.9 Å². The van der Waals surface area contributed by atoms with Gasteiger partial charge in [-0.05, 0) is 37.8 Å². The SMILES string of the molecule is O=C(Oc1ccccc1)OC1CCCC1. The summed E-state index contributed by atoms with van der Waals surface area (Å²) in [6, 6.07) is 8.97. The molecule has 0 N–H and O–H groups in total. The van der Waals surface area contributed by atoms with Gasteiger partial charge in [0.25, 0.3) is 0 Å². The minimum Gasteiger partial charge on any atom is -0.431 e. The number of rotatable bonds is 2. The Morgan fingerprint density at radius 3 is 2.47 bits per heavy atom. The standard InChI is InChI=1S/C12H14O3/c13-12(15-11-8-4-5-9-11)14-10-6-2-1-3-7-10/h1-3,6-7,11H,4-5,8-9H2. The van der Waals surface area contributed by atoms with Crippen molar-refractivity contribution in [2.75, 3.05) is 0 Å². The van der Waals surface area contributed by atoms with E-state index in [1.54, 1.807) is 12.1 Å². The maximum absolute atomic E-state index is 11.3. The van der Waals surface area contributed by atoms with E-state index in [1.165, 1.54) is 0 Å². The molecule has 1 saturated carbocycles. The second-order valence-electron chi connectivity index (χ2n) is 3.69. The number of para-hydroxylation sites is 1. The summed E-state index contributed by atoms with van der Waals surface area (Å²) < 4.78 is 10.2. The molecule has 0 saturated heterocycles. The lowest BCUT2D eigenvalue weighted by molar-refractivity contribution is 0.0613. The zero-order chi connectivity index (χ0) is 10.5. The summed E-state index contributed by atoms with van der Waals surface area (Å²) >= 11 is 0. The van der Waals surface area contributed by atoms with E-state index < -0.39 is 6.16 Å². The predicted molar refractivity (Wildman–Crippen MR) is 55.8 cm³/mol. The van der Waals surface area contributed by atoms with Crippen molar-refractivity contribution in [3.63, 3.8) is 0 Å². The van der Waals surface area contributed by atoms with Crippen molar-refractivity contribution in [2.24, 2.45) is 0 Å². The van der Waals surface area contributed by atoms with Gasteiger partial charge in [0.2, 0.25) is 0 Å². The van der Waals surface area contributed by atoms with Crippen LogP contribution in [0.5, 0.6) is 5.75 Å². The topological polar surface area (TPSA) is 35.5 Å². The molecule has 15 heavy (non-hydrogen) atoms. The molecular weight excluding hydrogens is 192 g/mol. The third kappa shape index (κ3) is 2.98. The summed E-state index contributed by atoms with van der Waals surface area (Å²) in [6.45, 7) is 0. The van der Waals surface area contributed by atoms with Crippen LogP contribution in [0.15, 0.2) is 30.3 Å². The fourth-order valence-electron chi connectivity index (χ4n) is 1.75. The molecule has 80 valence electrons. The number of hydrogen-bond donors (Lipinski definition) is 0. The van der Waals surface area contributed by atoms with Crippen LogP contribution in [0.25, 0.3) is 0 Å². The third-order valence-corrected chi connectivity index (χ3v) is 2.51. The van der Waals surface area contributed by atoms with Crippen molar-refractivity contribution in [1.82, 2.24) is 0 Å². The molecule has 1 aromatic carbocycles. The molecule has 1 aliphatic carbocycles. The Morgan fingerprint density at radius 2 is 1.80 bits per heavy atom. The number of ether oxygens (including phenoxy) is 2. The molecule has 0 spiro atoms. The molecule has 0 amide bonds. The average molecular weight is 206 g/mol. The Balaban J connectivity index is 1.82. The third-order valence-electron chi connectivity index (χ3n) is 2.51. The summed E-state index contributed by atoms with van der Waals surface area (Å²) in [5.74, 6) is 0.528. The molecule has 0 unspecified atom stereocenters. The smallest absolute Gasteiger partial charge is 0.431 e. The van der Waals surface area contributed by atoms with Gasteiger partial charge in [-0.25, -0.2) is 4.79 Å². The number of benzene rings is 1. The number of carbonyl (C=O) groups excluding carboxylic acids is 1. The first-order chi connectivity index (χ1) is 7.34. The average Bonchev–Trinajstić information content (AvgIpc) is 2.71. The molecule has 0 atom stereocenters. The van der Waals surface area contributed by atoms with Gasteiger partial charge >= 0.3 is 6.16 Å². The highest BCUT2D eigenvalue weighted by atomic mass is 16.7. The quantitative estimate of drug-likeness (QED) is 0.550. The van der Waals surface area contributed by atoms with Crippen molar-refractivity contribution in [3.05, 3.63) is 30.3 Å². The molecule has 0 heterocycles. The monoisotopic (exact) mass is 206 g/mol. The summed E-state index contributed by atoms with van der Waals surface area (Å²) in [5, 5.41) is 0. The largest absolute Gasteiger partial charge is 0.514 e. The van der Waals surface area contributed by atoms with E-state index in [0.29, 0.717) is 5.75 Å². The van der Waals surface area contributed by atoms with Crippen LogP contribution in [0.1, 0.15) is 25.7 Å². The van der Waals surface area contributed by atoms with Crippen LogP contribution in [-0.4, -0.2) is 12.3 Å². The molecular formula is C12H14O3. The van der Waals surface area contributed by atoms with Crippen LogP contribution >= 0.6 is 0 Å². The number of hydrogen-bond acceptors (Lipinski definition) is 3. The van der Waals surface area contributed by atoms with Crippen molar-refractivity contribution in [3.8, 4) is 5.75 Å². The maximum atomic E-state index is 11.3. The zero-order valence-corrected chi connectivity index (χ0v) is 8.52. The molecule has 0 bridgehead atoms. The molecule has 3 heteroatoms. The van der Waals surface area contributed by atoms with Gasteiger partial charge in [0.05, 0.1) is 0 Å². The van der Waals surface area contributed by atoms with E-state index in [2.05, 4.69) is 0 Å². The molecule has 1 aliphatic rings. The van der Waals surface area contributed by atoms with Crippen LogP contribution in [0.3, 0.4) is 0 Å². The van der Waals surface area contributed by atoms with E-state index in [9.17, 15) is 4.79 Å². The minimum atomic E-state index is -0.590. The van der Waals surface area contributed by atoms with Crippen LogP contribution in [-0.2, 0) is 4.74 Å². The Hall–Kier alpha value is -1.51. The van der Waals surface area contributed by atoms with Gasteiger partial charge in [0.15, 0.2) is 0 Å². The first-order valence-corrected chi connectivity index (χ1v) is 5.28. The van der Waals surface area contributed by atoms with Gasteiger partial charge in [-0.2, -0.15) is 0 Å². The fraction of sp³-hybridized carbons (Fsp3) is 0.417. The van der Waals surface area contributed by atoms with E-state index in [-0.39, 0.29) is 6.10 Å². The van der Waals surface area contributed by atoms with E-state index in [1.807, 2.05) is 18.2 Å². The van der Waals surface area contributed by atoms with E-state index in [0.717, 1.165) is 25.7 Å². The lowest BCUT2D eigenvalue weighted by Crippen LogP contribution is -2.17. The van der Waals surface area contributed by atoms with Crippen LogP contribution in [0.2, 0.25) is 0 Å². The highest BCUT2D eigenvalue weighted by Crippen LogP contribution is 2.21. The van der Waals surface area contributed by atoms with Crippen molar-refractivity contribution < 1.29 is 14.3 Å². The van der Waals surface area contributed by atoms with E-state index in [4.69, 9.17) is 9.47 Å². The van der Waals surface area contributed by atoms with Crippen molar-refractivity contribution >= 4 is 6.16 Å². The van der Waals surface area contributed by atoms with E-state index >= 15 is 0 Å². The highest BCUT2D eigenvalue weighted by molar-refractivity contribution is 5.63. The Morgan fingerprint density at radius 1 is 1.13 bits per heavy atom. The highest BCUT2D eigenvalue weighted by Gasteiger charge is 2.20. The molecule has 3 nitrogen and oxygen atoms in total. The Bertz CT molecular complexity index is 315. The van der Waals surface area contributed by atoms with Gasteiger partial charge < -0.3 is 9.47 Å².